The summed E-state index contributed by atoms with van der Waals surface area (Å²) < 4.78 is 0. The normalized spacial score (nSPS) is 27.2. The number of guanidine groups is 1. The lowest BCUT2D eigenvalue weighted by Gasteiger charge is -2.34. The predicted molar refractivity (Wildman–Crippen MR) is 110 cm³/mol. The maximum Gasteiger partial charge on any atom is 0.188 e. The molecule has 2 aliphatic heterocycles. The zero-order valence-corrected chi connectivity index (χ0v) is 17.5. The highest BCUT2D eigenvalue weighted by molar-refractivity contribution is 14.0. The first kappa shape index (κ1) is 21.0. The Morgan fingerprint density at radius 2 is 2.00 bits per heavy atom. The Hall–Kier alpha value is -0.0800. The lowest BCUT2D eigenvalue weighted by atomic mass is 9.97. The van der Waals surface area contributed by atoms with Crippen molar-refractivity contribution >= 4 is 29.9 Å². The number of nitrogens with zero attached hydrogens (tertiary/aromatic N) is 3. The van der Waals surface area contributed by atoms with Crippen molar-refractivity contribution in [3.63, 3.8) is 0 Å². The van der Waals surface area contributed by atoms with E-state index >= 15 is 0 Å². The largest absolute Gasteiger partial charge is 0.370 e. The van der Waals surface area contributed by atoms with Gasteiger partial charge in [0, 0.05) is 31.7 Å². The van der Waals surface area contributed by atoms with Crippen LogP contribution in [0.15, 0.2) is 4.99 Å². The van der Waals surface area contributed by atoms with Crippen LogP contribution >= 0.6 is 24.0 Å². The number of likely N-dealkylation sites (tertiary alicyclic amines) is 2. The fourth-order valence-electron chi connectivity index (χ4n) is 3.76. The number of likely N-dealkylation sites (N-methyl/N-ethyl adjacent to an activating group) is 1. The van der Waals surface area contributed by atoms with Gasteiger partial charge in [0.05, 0.1) is 0 Å². The van der Waals surface area contributed by atoms with Crippen molar-refractivity contribution in [2.24, 2.45) is 16.6 Å². The van der Waals surface area contributed by atoms with E-state index in [4.69, 9.17) is 5.73 Å². The van der Waals surface area contributed by atoms with Gasteiger partial charge in [-0.05, 0) is 65.1 Å². The predicted octanol–water partition coefficient (Wildman–Crippen LogP) is 2.11. The number of hydrogen-bond acceptors (Lipinski definition) is 3. The molecule has 0 saturated carbocycles. The lowest BCUT2D eigenvalue weighted by Crippen LogP contribution is -2.43. The van der Waals surface area contributed by atoms with Gasteiger partial charge in [-0.2, -0.15) is 0 Å². The van der Waals surface area contributed by atoms with Crippen LogP contribution in [0.3, 0.4) is 0 Å². The quantitative estimate of drug-likeness (QED) is 0.380. The van der Waals surface area contributed by atoms with Crippen LogP contribution in [0, 0.1) is 5.92 Å². The van der Waals surface area contributed by atoms with Crippen molar-refractivity contribution in [1.29, 1.82) is 0 Å². The van der Waals surface area contributed by atoms with Crippen molar-refractivity contribution in [3.05, 3.63) is 0 Å². The van der Waals surface area contributed by atoms with Gasteiger partial charge in [0.1, 0.15) is 0 Å². The third-order valence-corrected chi connectivity index (χ3v) is 5.22. The molecule has 2 heterocycles. The minimum Gasteiger partial charge on any atom is -0.370 e. The summed E-state index contributed by atoms with van der Waals surface area (Å²) >= 11 is 0. The number of halogens is 1. The van der Waals surface area contributed by atoms with E-state index in [1.54, 1.807) is 0 Å². The van der Waals surface area contributed by atoms with Gasteiger partial charge in [-0.25, -0.2) is 0 Å². The smallest absolute Gasteiger partial charge is 0.188 e. The summed E-state index contributed by atoms with van der Waals surface area (Å²) in [5, 5.41) is 3.33. The van der Waals surface area contributed by atoms with Gasteiger partial charge in [-0.1, -0.05) is 6.92 Å². The maximum atomic E-state index is 6.06. The van der Waals surface area contributed by atoms with Crippen molar-refractivity contribution in [2.45, 2.75) is 58.5 Å². The second-order valence-corrected chi connectivity index (χ2v) is 7.13. The van der Waals surface area contributed by atoms with Crippen molar-refractivity contribution < 1.29 is 0 Å². The molecule has 0 aromatic heterocycles. The minimum atomic E-state index is 0. The van der Waals surface area contributed by atoms with Gasteiger partial charge in [0.25, 0.3) is 0 Å². The van der Waals surface area contributed by atoms with Crippen molar-refractivity contribution in [3.8, 4) is 0 Å². The molecule has 2 atom stereocenters. The zero-order valence-electron chi connectivity index (χ0n) is 15.1. The standard InChI is InChI=1S/C17H35N5.HI/c1-4-21-9-6-8-16(21)12-20-17(18)19-11-15-7-5-10-22(13-15)14(2)3;/h14-16H,4-13H2,1-3H3,(H3,18,19,20);1H. The molecule has 5 nitrogen and oxygen atoms in total. The molecule has 2 rings (SSSR count). The molecule has 6 heteroatoms. The summed E-state index contributed by atoms with van der Waals surface area (Å²) in [6.45, 7) is 13.4. The first-order chi connectivity index (χ1) is 10.6. The van der Waals surface area contributed by atoms with Crippen LogP contribution < -0.4 is 11.1 Å². The Morgan fingerprint density at radius 3 is 2.70 bits per heavy atom. The Bertz CT molecular complexity index is 361. The summed E-state index contributed by atoms with van der Waals surface area (Å²) in [6, 6.07) is 1.27. The second kappa shape index (κ2) is 10.7. The minimum absolute atomic E-state index is 0. The zero-order chi connectivity index (χ0) is 15.9. The van der Waals surface area contributed by atoms with Crippen molar-refractivity contribution in [1.82, 2.24) is 15.1 Å². The van der Waals surface area contributed by atoms with E-state index in [-0.39, 0.29) is 24.0 Å². The van der Waals surface area contributed by atoms with Gasteiger partial charge >= 0.3 is 0 Å². The molecule has 0 amide bonds. The van der Waals surface area contributed by atoms with E-state index in [0.717, 1.165) is 19.6 Å². The maximum absolute atomic E-state index is 6.06. The van der Waals surface area contributed by atoms with Crippen molar-refractivity contribution in [2.75, 3.05) is 39.3 Å². The number of rotatable bonds is 6. The molecule has 0 aromatic carbocycles. The molecule has 136 valence electrons. The number of piperidine rings is 1. The Balaban J connectivity index is 0.00000264. The van der Waals surface area contributed by atoms with E-state index in [2.05, 4.69) is 40.9 Å². The molecular weight excluding hydrogens is 401 g/mol. The number of nitrogens with two attached hydrogens (primary N) is 1. The molecule has 0 spiro atoms. The average molecular weight is 437 g/mol. The SMILES string of the molecule is CCN1CCCC1CNC(N)=NCC1CCCN(C(C)C)C1.I. The van der Waals surface area contributed by atoms with Crippen LogP contribution in [0.1, 0.15) is 46.5 Å². The first-order valence-electron chi connectivity index (χ1n) is 9.12. The summed E-state index contributed by atoms with van der Waals surface area (Å²) in [5.41, 5.74) is 6.06. The Morgan fingerprint density at radius 1 is 1.26 bits per heavy atom. The van der Waals surface area contributed by atoms with E-state index in [9.17, 15) is 0 Å². The third-order valence-electron chi connectivity index (χ3n) is 5.22. The molecule has 0 radical (unpaired) electrons. The summed E-state index contributed by atoms with van der Waals surface area (Å²) in [4.78, 5) is 9.68. The highest BCUT2D eigenvalue weighted by Gasteiger charge is 2.23. The third kappa shape index (κ3) is 6.74. The number of hydrogen-bond donors (Lipinski definition) is 2. The molecule has 23 heavy (non-hydrogen) atoms. The van der Waals surface area contributed by atoms with E-state index in [1.165, 1.54) is 45.3 Å². The lowest BCUT2D eigenvalue weighted by molar-refractivity contribution is 0.143. The van der Waals surface area contributed by atoms with Crippen LogP contribution in [0.4, 0.5) is 0 Å². The van der Waals surface area contributed by atoms with Crippen LogP contribution in [-0.2, 0) is 0 Å². The monoisotopic (exact) mass is 437 g/mol. The van der Waals surface area contributed by atoms with E-state index < -0.39 is 0 Å². The van der Waals surface area contributed by atoms with Gasteiger partial charge < -0.3 is 16.0 Å². The molecule has 3 N–H and O–H groups in total. The van der Waals surface area contributed by atoms with Gasteiger partial charge in [0.15, 0.2) is 5.96 Å². The molecule has 2 unspecified atom stereocenters. The molecule has 0 bridgehead atoms. The molecular formula is C17H36IN5. The average Bonchev–Trinajstić information content (AvgIpc) is 2.98. The van der Waals surface area contributed by atoms with Crippen LogP contribution in [0.2, 0.25) is 0 Å². The van der Waals surface area contributed by atoms with Gasteiger partial charge in [-0.3, -0.25) is 9.89 Å². The Labute approximate surface area is 159 Å². The summed E-state index contributed by atoms with van der Waals surface area (Å²) in [6.07, 6.45) is 5.16. The number of nitrogens with one attached hydrogen (secondary N) is 1. The van der Waals surface area contributed by atoms with Gasteiger partial charge in [-0.15, -0.1) is 24.0 Å². The highest BCUT2D eigenvalue weighted by Crippen LogP contribution is 2.18. The van der Waals surface area contributed by atoms with Gasteiger partial charge in [0.2, 0.25) is 0 Å². The highest BCUT2D eigenvalue weighted by atomic mass is 127. The molecule has 0 aromatic rings. The number of aliphatic imine (C=N–C) groups is 1. The summed E-state index contributed by atoms with van der Waals surface area (Å²) in [7, 11) is 0. The first-order valence-corrected chi connectivity index (χ1v) is 9.12. The molecule has 0 aliphatic carbocycles. The van der Waals surface area contributed by atoms with Crippen LogP contribution in [0.5, 0.6) is 0 Å². The fourth-order valence-corrected chi connectivity index (χ4v) is 3.76. The molecule has 2 saturated heterocycles. The topological polar surface area (TPSA) is 56.9 Å². The molecule has 2 fully saturated rings. The van der Waals surface area contributed by atoms with Crippen LogP contribution in [-0.4, -0.2) is 67.1 Å². The fraction of sp³-hybridized carbons (Fsp3) is 0.941. The second-order valence-electron chi connectivity index (χ2n) is 7.13. The molecule has 2 aliphatic rings. The Kier molecular flexibility index (Phi) is 9.77. The summed E-state index contributed by atoms with van der Waals surface area (Å²) in [5.74, 6) is 1.29. The van der Waals surface area contributed by atoms with Crippen LogP contribution in [0.25, 0.3) is 0 Å². The van der Waals surface area contributed by atoms with E-state index in [1.807, 2.05) is 0 Å². The van der Waals surface area contributed by atoms with E-state index in [0.29, 0.717) is 24.0 Å².